The van der Waals surface area contributed by atoms with E-state index < -0.39 is 0 Å². The van der Waals surface area contributed by atoms with Gasteiger partial charge in [0.2, 0.25) is 0 Å². The van der Waals surface area contributed by atoms with E-state index in [9.17, 15) is 14.0 Å². The highest BCUT2D eigenvalue weighted by Crippen LogP contribution is 2.27. The van der Waals surface area contributed by atoms with Gasteiger partial charge in [-0.05, 0) is 47.9 Å². The molecule has 4 aromatic rings. The van der Waals surface area contributed by atoms with E-state index in [1.807, 2.05) is 46.5 Å². The van der Waals surface area contributed by atoms with Crippen molar-refractivity contribution in [2.45, 2.75) is 12.5 Å². The first-order valence-corrected chi connectivity index (χ1v) is 13.4. The third-order valence-electron chi connectivity index (χ3n) is 7.49. The first kappa shape index (κ1) is 23.8. The maximum absolute atomic E-state index is 13.7. The Balaban J connectivity index is 1.09. The molecule has 7 nitrogen and oxygen atoms in total. The number of nitrogens with zero attached hydrogens (tertiary/aromatic N) is 5. The van der Waals surface area contributed by atoms with Gasteiger partial charge in [-0.25, -0.2) is 9.37 Å². The zero-order chi connectivity index (χ0) is 25.5. The summed E-state index contributed by atoms with van der Waals surface area (Å²) in [6.45, 7) is 4.38. The van der Waals surface area contributed by atoms with Crippen LogP contribution in [0.5, 0.6) is 0 Å². The van der Waals surface area contributed by atoms with Crippen molar-refractivity contribution in [3.05, 3.63) is 87.8 Å². The van der Waals surface area contributed by atoms with E-state index >= 15 is 0 Å². The van der Waals surface area contributed by atoms with E-state index in [1.165, 1.54) is 17.4 Å². The molecule has 2 fully saturated rings. The molecular formula is C28H28FN5O2S. The van der Waals surface area contributed by atoms with E-state index in [0.29, 0.717) is 49.2 Å². The van der Waals surface area contributed by atoms with E-state index in [4.69, 9.17) is 0 Å². The van der Waals surface area contributed by atoms with Crippen molar-refractivity contribution >= 4 is 34.1 Å². The molecule has 0 atom stereocenters. The molecule has 0 aliphatic carbocycles. The fourth-order valence-electron chi connectivity index (χ4n) is 5.40. The molecule has 0 spiro atoms. The van der Waals surface area contributed by atoms with Crippen molar-refractivity contribution in [1.29, 1.82) is 0 Å². The quantitative estimate of drug-likeness (QED) is 0.406. The number of aryl methyl sites for hydroxylation is 1. The molecule has 0 saturated carbocycles. The van der Waals surface area contributed by atoms with Crippen molar-refractivity contribution < 1.29 is 14.0 Å². The van der Waals surface area contributed by atoms with Crippen LogP contribution in [0.15, 0.2) is 60.2 Å². The number of aromatic nitrogens is 2. The smallest absolute Gasteiger partial charge is 0.282 e. The van der Waals surface area contributed by atoms with Crippen LogP contribution in [-0.4, -0.2) is 81.4 Å². The number of amides is 2. The maximum Gasteiger partial charge on any atom is 0.282 e. The fraction of sp³-hybridized carbons (Fsp3) is 0.321. The molecule has 4 heterocycles. The highest BCUT2D eigenvalue weighted by atomic mass is 32.1. The lowest BCUT2D eigenvalue weighted by molar-refractivity contribution is 0.00854. The van der Waals surface area contributed by atoms with Crippen molar-refractivity contribution in [1.82, 2.24) is 24.3 Å². The molecule has 2 saturated heterocycles. The summed E-state index contributed by atoms with van der Waals surface area (Å²) in [7, 11) is 1.99. The van der Waals surface area contributed by atoms with E-state index in [-0.39, 0.29) is 17.6 Å². The minimum atomic E-state index is -0.242. The van der Waals surface area contributed by atoms with Gasteiger partial charge in [0, 0.05) is 86.6 Å². The average Bonchev–Trinajstić information content (AvgIpc) is 3.52. The summed E-state index contributed by atoms with van der Waals surface area (Å²) in [6, 6.07) is 12.8. The molecule has 37 heavy (non-hydrogen) atoms. The third-order valence-corrected chi connectivity index (χ3v) is 8.25. The second kappa shape index (κ2) is 9.72. The minimum absolute atomic E-state index is 0.00753. The number of hydrogen-bond acceptors (Lipinski definition) is 5. The number of benzene rings is 2. The van der Waals surface area contributed by atoms with Gasteiger partial charge in [-0.1, -0.05) is 12.1 Å². The van der Waals surface area contributed by atoms with Crippen LogP contribution in [0, 0.1) is 5.82 Å². The predicted molar refractivity (Wildman–Crippen MR) is 141 cm³/mol. The Hall–Kier alpha value is -3.56. The summed E-state index contributed by atoms with van der Waals surface area (Å²) in [4.78, 5) is 36.1. The van der Waals surface area contributed by atoms with Crippen molar-refractivity contribution in [3.8, 4) is 0 Å². The largest absolute Gasteiger partial charge is 0.350 e. The van der Waals surface area contributed by atoms with Gasteiger partial charge in [-0.3, -0.25) is 14.5 Å². The van der Waals surface area contributed by atoms with Crippen LogP contribution in [0.2, 0.25) is 0 Å². The van der Waals surface area contributed by atoms with Gasteiger partial charge in [0.05, 0.1) is 0 Å². The summed E-state index contributed by atoms with van der Waals surface area (Å²) in [5.41, 5.74) is 3.71. The zero-order valence-corrected chi connectivity index (χ0v) is 21.5. The Morgan fingerprint density at radius 3 is 2.57 bits per heavy atom. The molecule has 0 bridgehead atoms. The van der Waals surface area contributed by atoms with E-state index in [0.717, 1.165) is 35.1 Å². The molecule has 2 aliphatic rings. The number of rotatable bonds is 5. The van der Waals surface area contributed by atoms with Gasteiger partial charge >= 0.3 is 0 Å². The molecule has 2 aromatic carbocycles. The highest BCUT2D eigenvalue weighted by molar-refractivity contribution is 7.11. The van der Waals surface area contributed by atoms with Gasteiger partial charge in [0.1, 0.15) is 5.82 Å². The van der Waals surface area contributed by atoms with Crippen molar-refractivity contribution in [2.24, 2.45) is 7.05 Å². The van der Waals surface area contributed by atoms with E-state index in [1.54, 1.807) is 18.3 Å². The topological polar surface area (TPSA) is 61.7 Å². The van der Waals surface area contributed by atoms with Gasteiger partial charge < -0.3 is 14.4 Å². The number of likely N-dealkylation sites (tertiary alicyclic amines) is 1. The summed E-state index contributed by atoms with van der Waals surface area (Å²) in [5.74, 6) is -0.196. The summed E-state index contributed by atoms with van der Waals surface area (Å²) >= 11 is 1.38. The Bertz CT molecular complexity index is 1450. The predicted octanol–water partition coefficient (Wildman–Crippen LogP) is 3.65. The van der Waals surface area contributed by atoms with E-state index in [2.05, 4.69) is 20.6 Å². The number of thiazole rings is 1. The number of fused-ring (bicyclic) bond motifs is 1. The molecule has 190 valence electrons. The molecule has 0 N–H and O–H groups in total. The van der Waals surface area contributed by atoms with Crippen molar-refractivity contribution in [2.75, 3.05) is 39.3 Å². The van der Waals surface area contributed by atoms with Crippen LogP contribution in [-0.2, 0) is 13.5 Å². The van der Waals surface area contributed by atoms with Crippen LogP contribution in [0.25, 0.3) is 10.9 Å². The molecule has 6 rings (SSSR count). The monoisotopic (exact) mass is 517 g/mol. The number of hydrogen-bond donors (Lipinski definition) is 0. The number of piperazine rings is 1. The lowest BCUT2D eigenvalue weighted by Crippen LogP contribution is -2.64. The van der Waals surface area contributed by atoms with Crippen LogP contribution in [0.4, 0.5) is 4.39 Å². The van der Waals surface area contributed by atoms with Crippen LogP contribution >= 0.6 is 11.3 Å². The lowest BCUT2D eigenvalue weighted by atomic mass is 10.0. The standard InChI is InChI=1S/C28H28FN5O2S/c1-31-16-21(13-19-3-2-4-22(29)14-19)24-15-20(5-6-25(24)31)27(35)34-17-23(18-34)32-8-10-33(11-9-32)28(36)26-30-7-12-37-26/h2-7,12,14-16,23H,8-11,13,17-18H2,1H3. The first-order valence-electron chi connectivity index (χ1n) is 12.5. The summed E-state index contributed by atoms with van der Waals surface area (Å²) in [5, 5.41) is 3.39. The fourth-order valence-corrected chi connectivity index (χ4v) is 6.01. The summed E-state index contributed by atoms with van der Waals surface area (Å²) in [6.07, 6.45) is 4.33. The van der Waals surface area contributed by atoms with Crippen molar-refractivity contribution in [3.63, 3.8) is 0 Å². The maximum atomic E-state index is 13.7. The number of halogens is 1. The third kappa shape index (κ3) is 4.65. The van der Waals surface area contributed by atoms with Gasteiger partial charge in [0.15, 0.2) is 5.01 Å². The van der Waals surface area contributed by atoms with Gasteiger partial charge in [0.25, 0.3) is 11.8 Å². The van der Waals surface area contributed by atoms with Crippen LogP contribution in [0.1, 0.15) is 31.3 Å². The van der Waals surface area contributed by atoms with Crippen LogP contribution in [0.3, 0.4) is 0 Å². The number of carbonyl (C=O) groups excluding carboxylic acids is 2. The molecule has 0 unspecified atom stereocenters. The Morgan fingerprint density at radius 2 is 1.84 bits per heavy atom. The Morgan fingerprint density at radius 1 is 1.03 bits per heavy atom. The molecule has 0 radical (unpaired) electrons. The van der Waals surface area contributed by atoms with Crippen LogP contribution < -0.4 is 0 Å². The Kier molecular flexibility index (Phi) is 6.26. The van der Waals surface area contributed by atoms with Gasteiger partial charge in [-0.15, -0.1) is 11.3 Å². The highest BCUT2D eigenvalue weighted by Gasteiger charge is 2.37. The normalized spacial score (nSPS) is 16.8. The first-order chi connectivity index (χ1) is 18.0. The minimum Gasteiger partial charge on any atom is -0.350 e. The summed E-state index contributed by atoms with van der Waals surface area (Å²) < 4.78 is 15.7. The second-order valence-corrected chi connectivity index (χ2v) is 10.7. The molecule has 2 aromatic heterocycles. The zero-order valence-electron chi connectivity index (χ0n) is 20.6. The average molecular weight is 518 g/mol. The SMILES string of the molecule is Cn1cc(Cc2cccc(F)c2)c2cc(C(=O)N3CC(N4CCN(C(=O)c5nccs5)CC4)C3)ccc21. The molecule has 2 aliphatic heterocycles. The second-order valence-electron chi connectivity index (χ2n) is 9.83. The molecular weight excluding hydrogens is 489 g/mol. The molecule has 2 amide bonds. The lowest BCUT2D eigenvalue weighted by Gasteiger charge is -2.48. The Labute approximate surface area is 218 Å². The van der Waals surface area contributed by atoms with Gasteiger partial charge in [-0.2, -0.15) is 0 Å². The molecule has 9 heteroatoms. The number of carbonyl (C=O) groups is 2.